The quantitative estimate of drug-likeness (QED) is 0.880. The largest absolute Gasteiger partial charge is 0.494 e. The smallest absolute Gasteiger partial charge is 0.124 e. The summed E-state index contributed by atoms with van der Waals surface area (Å²) in [6.07, 6.45) is 3.78. The Kier molecular flexibility index (Phi) is 3.87. The molecule has 1 N–H and O–H groups in total. The zero-order valence-electron chi connectivity index (χ0n) is 11.1. The van der Waals surface area contributed by atoms with E-state index in [-0.39, 0.29) is 6.04 Å². The lowest BCUT2D eigenvalue weighted by Gasteiger charge is -2.17. The molecule has 2 aromatic rings. The summed E-state index contributed by atoms with van der Waals surface area (Å²) in [5.74, 6) is 0.934. The Morgan fingerprint density at radius 2 is 2.17 bits per heavy atom. The molecule has 0 saturated carbocycles. The highest BCUT2D eigenvalue weighted by Crippen LogP contribution is 2.27. The maximum Gasteiger partial charge on any atom is 0.124 e. The van der Waals surface area contributed by atoms with Crippen LogP contribution in [0.2, 0.25) is 0 Å². The number of ether oxygens (including phenoxy) is 1. The molecule has 0 bridgehead atoms. The summed E-state index contributed by atoms with van der Waals surface area (Å²) in [5, 5.41) is 7.56. The van der Waals surface area contributed by atoms with Crippen LogP contribution in [0.5, 0.6) is 5.75 Å². The standard InChI is InChI=1S/C14H19N3O/c1-4-18-14-8-6-5-7-13(14)11(2)16-12-9-15-17(3)10-12/h5-11,16H,4H2,1-3H3. The Morgan fingerprint density at radius 3 is 2.83 bits per heavy atom. The van der Waals surface area contributed by atoms with Crippen molar-refractivity contribution >= 4 is 5.69 Å². The third kappa shape index (κ3) is 2.83. The Morgan fingerprint density at radius 1 is 1.39 bits per heavy atom. The van der Waals surface area contributed by atoms with Crippen LogP contribution in [-0.2, 0) is 7.05 Å². The molecule has 0 spiro atoms. The van der Waals surface area contributed by atoms with Gasteiger partial charge in [-0.25, -0.2) is 0 Å². The van der Waals surface area contributed by atoms with Crippen molar-refractivity contribution < 1.29 is 4.74 Å². The molecule has 1 aromatic heterocycles. The molecule has 0 aliphatic rings. The number of para-hydroxylation sites is 1. The third-order valence-corrected chi connectivity index (χ3v) is 2.77. The van der Waals surface area contributed by atoms with Crippen molar-refractivity contribution in [2.24, 2.45) is 7.05 Å². The van der Waals surface area contributed by atoms with Gasteiger partial charge in [0.2, 0.25) is 0 Å². The van der Waals surface area contributed by atoms with Crippen molar-refractivity contribution in [2.45, 2.75) is 19.9 Å². The van der Waals surface area contributed by atoms with Gasteiger partial charge in [0.05, 0.1) is 24.5 Å². The Bertz CT molecular complexity index is 507. The second-order valence-corrected chi connectivity index (χ2v) is 4.24. The molecule has 18 heavy (non-hydrogen) atoms. The van der Waals surface area contributed by atoms with Crippen LogP contribution in [0.25, 0.3) is 0 Å². The van der Waals surface area contributed by atoms with Crippen LogP contribution >= 0.6 is 0 Å². The first kappa shape index (κ1) is 12.5. The molecular formula is C14H19N3O. The van der Waals surface area contributed by atoms with Gasteiger partial charge in [-0.3, -0.25) is 4.68 Å². The number of aryl methyl sites for hydroxylation is 1. The van der Waals surface area contributed by atoms with Crippen LogP contribution in [0.4, 0.5) is 5.69 Å². The van der Waals surface area contributed by atoms with Gasteiger partial charge in [-0.05, 0) is 19.9 Å². The van der Waals surface area contributed by atoms with E-state index in [1.807, 2.05) is 44.6 Å². The Balaban J connectivity index is 2.15. The first-order valence-electron chi connectivity index (χ1n) is 6.17. The molecular weight excluding hydrogens is 226 g/mol. The molecule has 4 heteroatoms. The van der Waals surface area contributed by atoms with E-state index < -0.39 is 0 Å². The number of anilines is 1. The molecule has 1 heterocycles. The average Bonchev–Trinajstić information content (AvgIpc) is 2.76. The molecule has 1 aromatic carbocycles. The molecule has 96 valence electrons. The van der Waals surface area contributed by atoms with Gasteiger partial charge < -0.3 is 10.1 Å². The van der Waals surface area contributed by atoms with E-state index in [2.05, 4.69) is 23.4 Å². The summed E-state index contributed by atoms with van der Waals surface area (Å²) in [6, 6.07) is 8.28. The molecule has 0 fully saturated rings. The number of benzene rings is 1. The fraction of sp³-hybridized carbons (Fsp3) is 0.357. The number of aromatic nitrogens is 2. The SMILES string of the molecule is CCOc1ccccc1C(C)Nc1cnn(C)c1. The van der Waals surface area contributed by atoms with Gasteiger partial charge in [-0.15, -0.1) is 0 Å². The van der Waals surface area contributed by atoms with Crippen molar-refractivity contribution in [2.75, 3.05) is 11.9 Å². The van der Waals surface area contributed by atoms with E-state index >= 15 is 0 Å². The van der Waals surface area contributed by atoms with Gasteiger partial charge in [0.15, 0.2) is 0 Å². The summed E-state index contributed by atoms with van der Waals surface area (Å²) in [6.45, 7) is 4.79. The van der Waals surface area contributed by atoms with Crippen LogP contribution in [-0.4, -0.2) is 16.4 Å². The zero-order valence-corrected chi connectivity index (χ0v) is 11.1. The van der Waals surface area contributed by atoms with E-state index in [1.54, 1.807) is 4.68 Å². The number of nitrogens with one attached hydrogen (secondary N) is 1. The van der Waals surface area contributed by atoms with Gasteiger partial charge in [0.25, 0.3) is 0 Å². The minimum absolute atomic E-state index is 0.178. The normalized spacial score (nSPS) is 12.2. The second kappa shape index (κ2) is 5.58. The van der Waals surface area contributed by atoms with Crippen LogP contribution in [0.3, 0.4) is 0 Å². The van der Waals surface area contributed by atoms with Gasteiger partial charge in [-0.2, -0.15) is 5.10 Å². The maximum atomic E-state index is 5.64. The lowest BCUT2D eigenvalue weighted by molar-refractivity contribution is 0.335. The van der Waals surface area contributed by atoms with E-state index in [9.17, 15) is 0 Å². The molecule has 1 unspecified atom stereocenters. The molecule has 0 aliphatic heterocycles. The zero-order chi connectivity index (χ0) is 13.0. The highest BCUT2D eigenvalue weighted by Gasteiger charge is 2.11. The van der Waals surface area contributed by atoms with Crippen LogP contribution in [0.1, 0.15) is 25.5 Å². The summed E-state index contributed by atoms with van der Waals surface area (Å²) in [7, 11) is 1.91. The molecule has 2 rings (SSSR count). The molecule has 0 amide bonds. The fourth-order valence-corrected chi connectivity index (χ4v) is 1.95. The monoisotopic (exact) mass is 245 g/mol. The molecule has 0 radical (unpaired) electrons. The number of rotatable bonds is 5. The first-order chi connectivity index (χ1) is 8.70. The highest BCUT2D eigenvalue weighted by atomic mass is 16.5. The van der Waals surface area contributed by atoms with Crippen molar-refractivity contribution in [1.82, 2.24) is 9.78 Å². The Labute approximate surface area is 108 Å². The van der Waals surface area contributed by atoms with Crippen LogP contribution in [0, 0.1) is 0 Å². The fourth-order valence-electron chi connectivity index (χ4n) is 1.95. The number of hydrogen-bond acceptors (Lipinski definition) is 3. The lowest BCUT2D eigenvalue weighted by Crippen LogP contribution is -2.08. The van der Waals surface area contributed by atoms with Crippen molar-refractivity contribution in [3.05, 3.63) is 42.2 Å². The van der Waals surface area contributed by atoms with E-state index in [1.165, 1.54) is 0 Å². The molecule has 0 saturated heterocycles. The summed E-state index contributed by atoms with van der Waals surface area (Å²) >= 11 is 0. The minimum atomic E-state index is 0.178. The lowest BCUT2D eigenvalue weighted by atomic mass is 10.1. The predicted molar refractivity (Wildman–Crippen MR) is 72.9 cm³/mol. The average molecular weight is 245 g/mol. The maximum absolute atomic E-state index is 5.64. The van der Waals surface area contributed by atoms with Crippen molar-refractivity contribution in [3.63, 3.8) is 0 Å². The van der Waals surface area contributed by atoms with E-state index in [0.717, 1.165) is 17.0 Å². The summed E-state index contributed by atoms with van der Waals surface area (Å²) < 4.78 is 7.42. The second-order valence-electron chi connectivity index (χ2n) is 4.24. The van der Waals surface area contributed by atoms with Crippen LogP contribution < -0.4 is 10.1 Å². The topological polar surface area (TPSA) is 39.1 Å². The van der Waals surface area contributed by atoms with Crippen LogP contribution in [0.15, 0.2) is 36.7 Å². The summed E-state index contributed by atoms with van der Waals surface area (Å²) in [5.41, 5.74) is 2.17. The minimum Gasteiger partial charge on any atom is -0.494 e. The van der Waals surface area contributed by atoms with E-state index in [0.29, 0.717) is 6.61 Å². The first-order valence-corrected chi connectivity index (χ1v) is 6.17. The Hall–Kier alpha value is -1.97. The highest BCUT2D eigenvalue weighted by molar-refractivity contribution is 5.45. The summed E-state index contributed by atoms with van der Waals surface area (Å²) in [4.78, 5) is 0. The number of hydrogen-bond donors (Lipinski definition) is 1. The molecule has 0 aliphatic carbocycles. The van der Waals surface area contributed by atoms with Crippen molar-refractivity contribution in [1.29, 1.82) is 0 Å². The van der Waals surface area contributed by atoms with Gasteiger partial charge in [0, 0.05) is 18.8 Å². The van der Waals surface area contributed by atoms with Gasteiger partial charge >= 0.3 is 0 Å². The van der Waals surface area contributed by atoms with Crippen molar-refractivity contribution in [3.8, 4) is 5.75 Å². The van der Waals surface area contributed by atoms with E-state index in [4.69, 9.17) is 4.74 Å². The predicted octanol–water partition coefficient (Wildman–Crippen LogP) is 2.99. The third-order valence-electron chi connectivity index (χ3n) is 2.77. The van der Waals surface area contributed by atoms with Gasteiger partial charge in [0.1, 0.15) is 5.75 Å². The number of nitrogens with zero attached hydrogens (tertiary/aromatic N) is 2. The van der Waals surface area contributed by atoms with Gasteiger partial charge in [-0.1, -0.05) is 18.2 Å². The molecule has 4 nitrogen and oxygen atoms in total. The molecule has 1 atom stereocenters.